The van der Waals surface area contributed by atoms with E-state index in [4.69, 9.17) is 25.8 Å². The Bertz CT molecular complexity index is 903. The SMILES string of the molecule is CCOc1ccc(/C=C(\C#N)C(=O)Nc2cc(Cl)ccc2OC)cc1OC. The predicted molar refractivity (Wildman–Crippen MR) is 104 cm³/mol. The fraction of sp³-hybridized carbons (Fsp3) is 0.200. The number of benzene rings is 2. The molecule has 27 heavy (non-hydrogen) atoms. The van der Waals surface area contributed by atoms with E-state index in [1.807, 2.05) is 13.0 Å². The van der Waals surface area contributed by atoms with Crippen LogP contribution in [-0.4, -0.2) is 26.7 Å². The van der Waals surface area contributed by atoms with E-state index in [-0.39, 0.29) is 5.57 Å². The highest BCUT2D eigenvalue weighted by Crippen LogP contribution is 2.30. The fourth-order valence-electron chi connectivity index (χ4n) is 2.33. The van der Waals surface area contributed by atoms with Crippen molar-refractivity contribution >= 4 is 29.3 Å². The number of carbonyl (C=O) groups is 1. The second kappa shape index (κ2) is 9.51. The first-order valence-electron chi connectivity index (χ1n) is 8.09. The molecule has 0 saturated heterocycles. The van der Waals surface area contributed by atoms with Gasteiger partial charge in [0.15, 0.2) is 11.5 Å². The van der Waals surface area contributed by atoms with Crippen LogP contribution in [0.5, 0.6) is 17.2 Å². The van der Waals surface area contributed by atoms with Gasteiger partial charge in [-0.25, -0.2) is 0 Å². The van der Waals surface area contributed by atoms with Gasteiger partial charge in [-0.2, -0.15) is 5.26 Å². The Morgan fingerprint density at radius 1 is 1.15 bits per heavy atom. The number of hydrogen-bond donors (Lipinski definition) is 1. The van der Waals surface area contributed by atoms with Crippen molar-refractivity contribution in [3.05, 3.63) is 52.6 Å². The number of ether oxygens (including phenoxy) is 3. The average molecular weight is 387 g/mol. The van der Waals surface area contributed by atoms with Crippen molar-refractivity contribution < 1.29 is 19.0 Å². The lowest BCUT2D eigenvalue weighted by Gasteiger charge is -2.11. The molecule has 2 aromatic carbocycles. The Morgan fingerprint density at radius 3 is 2.48 bits per heavy atom. The lowest BCUT2D eigenvalue weighted by Crippen LogP contribution is -2.14. The van der Waals surface area contributed by atoms with E-state index in [0.29, 0.717) is 40.1 Å². The molecule has 0 heterocycles. The summed E-state index contributed by atoms with van der Waals surface area (Å²) in [4.78, 5) is 12.5. The van der Waals surface area contributed by atoms with Crippen LogP contribution in [0.1, 0.15) is 12.5 Å². The molecule has 2 aromatic rings. The summed E-state index contributed by atoms with van der Waals surface area (Å²) in [7, 11) is 3.00. The molecule has 0 fully saturated rings. The third-order valence-electron chi connectivity index (χ3n) is 3.57. The van der Waals surface area contributed by atoms with Gasteiger partial charge in [0.2, 0.25) is 0 Å². The number of amides is 1. The molecule has 0 radical (unpaired) electrons. The van der Waals surface area contributed by atoms with Crippen molar-refractivity contribution in [1.29, 1.82) is 5.26 Å². The van der Waals surface area contributed by atoms with Crippen LogP contribution in [0.15, 0.2) is 42.0 Å². The molecule has 6 nitrogen and oxygen atoms in total. The minimum absolute atomic E-state index is 0.0803. The smallest absolute Gasteiger partial charge is 0.266 e. The molecule has 0 aromatic heterocycles. The van der Waals surface area contributed by atoms with Gasteiger partial charge in [-0.1, -0.05) is 17.7 Å². The highest BCUT2D eigenvalue weighted by atomic mass is 35.5. The van der Waals surface area contributed by atoms with Gasteiger partial charge in [-0.15, -0.1) is 0 Å². The highest BCUT2D eigenvalue weighted by Gasteiger charge is 2.14. The van der Waals surface area contributed by atoms with Crippen LogP contribution in [0.2, 0.25) is 5.02 Å². The van der Waals surface area contributed by atoms with Gasteiger partial charge in [0.1, 0.15) is 17.4 Å². The Labute approximate surface area is 162 Å². The quantitative estimate of drug-likeness (QED) is 0.566. The number of carbonyl (C=O) groups excluding carboxylic acids is 1. The molecule has 7 heteroatoms. The molecule has 0 bridgehead atoms. The van der Waals surface area contributed by atoms with Crippen molar-refractivity contribution in [2.24, 2.45) is 0 Å². The molecule has 140 valence electrons. The molecule has 1 N–H and O–H groups in total. The number of rotatable bonds is 7. The van der Waals surface area contributed by atoms with E-state index < -0.39 is 5.91 Å². The van der Waals surface area contributed by atoms with Crippen LogP contribution in [0.25, 0.3) is 6.08 Å². The number of nitrogens with zero attached hydrogens (tertiary/aromatic N) is 1. The van der Waals surface area contributed by atoms with Crippen LogP contribution in [0.3, 0.4) is 0 Å². The summed E-state index contributed by atoms with van der Waals surface area (Å²) in [5, 5.41) is 12.5. The molecule has 0 aliphatic rings. The number of methoxy groups -OCH3 is 2. The number of anilines is 1. The molecule has 1 amide bonds. The molecule has 0 atom stereocenters. The maximum atomic E-state index is 12.5. The molecular formula is C20H19ClN2O4. The second-order valence-corrected chi connectivity index (χ2v) is 5.75. The highest BCUT2D eigenvalue weighted by molar-refractivity contribution is 6.31. The van der Waals surface area contributed by atoms with E-state index in [1.165, 1.54) is 20.3 Å². The van der Waals surface area contributed by atoms with Gasteiger partial charge < -0.3 is 19.5 Å². The van der Waals surface area contributed by atoms with Crippen LogP contribution in [-0.2, 0) is 4.79 Å². The van der Waals surface area contributed by atoms with Gasteiger partial charge in [-0.3, -0.25) is 4.79 Å². The van der Waals surface area contributed by atoms with Crippen LogP contribution < -0.4 is 19.5 Å². The number of hydrogen-bond acceptors (Lipinski definition) is 5. The Hall–Kier alpha value is -3.17. The van der Waals surface area contributed by atoms with Gasteiger partial charge in [0.05, 0.1) is 26.5 Å². The van der Waals surface area contributed by atoms with E-state index in [1.54, 1.807) is 36.4 Å². The van der Waals surface area contributed by atoms with Crippen molar-refractivity contribution in [3.63, 3.8) is 0 Å². The Morgan fingerprint density at radius 2 is 1.85 bits per heavy atom. The van der Waals surface area contributed by atoms with Crippen molar-refractivity contribution in [2.45, 2.75) is 6.92 Å². The summed E-state index contributed by atoms with van der Waals surface area (Å²) >= 11 is 5.96. The molecule has 0 saturated carbocycles. The van der Waals surface area contributed by atoms with Crippen LogP contribution in [0.4, 0.5) is 5.69 Å². The minimum atomic E-state index is -0.578. The van der Waals surface area contributed by atoms with Gasteiger partial charge in [-0.05, 0) is 48.9 Å². The van der Waals surface area contributed by atoms with Crippen molar-refractivity contribution in [2.75, 3.05) is 26.1 Å². The first-order chi connectivity index (χ1) is 13.0. The zero-order valence-corrected chi connectivity index (χ0v) is 16.0. The van der Waals surface area contributed by atoms with Gasteiger partial charge >= 0.3 is 0 Å². The first-order valence-corrected chi connectivity index (χ1v) is 8.47. The molecule has 0 aliphatic carbocycles. The zero-order chi connectivity index (χ0) is 19.8. The number of nitrogens with one attached hydrogen (secondary N) is 1. The molecule has 0 aliphatic heterocycles. The lowest BCUT2D eigenvalue weighted by atomic mass is 10.1. The van der Waals surface area contributed by atoms with Gasteiger partial charge in [0, 0.05) is 5.02 Å². The maximum Gasteiger partial charge on any atom is 0.266 e. The second-order valence-electron chi connectivity index (χ2n) is 5.31. The van der Waals surface area contributed by atoms with Crippen LogP contribution >= 0.6 is 11.6 Å². The third-order valence-corrected chi connectivity index (χ3v) is 3.81. The molecule has 0 unspecified atom stereocenters. The summed E-state index contributed by atoms with van der Waals surface area (Å²) in [6.07, 6.45) is 1.46. The zero-order valence-electron chi connectivity index (χ0n) is 15.2. The van der Waals surface area contributed by atoms with Crippen molar-refractivity contribution in [1.82, 2.24) is 0 Å². The predicted octanol–water partition coefficient (Wildman–Crippen LogP) is 4.30. The number of halogens is 1. The largest absolute Gasteiger partial charge is 0.495 e. The first kappa shape index (κ1) is 20.1. The monoisotopic (exact) mass is 386 g/mol. The lowest BCUT2D eigenvalue weighted by molar-refractivity contribution is -0.112. The van der Waals surface area contributed by atoms with E-state index in [2.05, 4.69) is 5.32 Å². The summed E-state index contributed by atoms with van der Waals surface area (Å²) in [5.41, 5.74) is 0.920. The summed E-state index contributed by atoms with van der Waals surface area (Å²) in [6, 6.07) is 11.9. The average Bonchev–Trinajstić information content (AvgIpc) is 2.67. The third kappa shape index (κ3) is 5.16. The summed E-state index contributed by atoms with van der Waals surface area (Å²) in [6.45, 7) is 2.37. The topological polar surface area (TPSA) is 80.6 Å². The summed E-state index contributed by atoms with van der Waals surface area (Å²) < 4.78 is 15.9. The fourth-order valence-corrected chi connectivity index (χ4v) is 2.50. The Kier molecular flexibility index (Phi) is 7.09. The summed E-state index contributed by atoms with van der Waals surface area (Å²) in [5.74, 6) is 0.960. The molecule has 2 rings (SSSR count). The minimum Gasteiger partial charge on any atom is -0.495 e. The molecule has 0 spiro atoms. The maximum absolute atomic E-state index is 12.5. The van der Waals surface area contributed by atoms with Crippen molar-refractivity contribution in [3.8, 4) is 23.3 Å². The normalized spacial score (nSPS) is 10.7. The van der Waals surface area contributed by atoms with E-state index in [9.17, 15) is 10.1 Å². The van der Waals surface area contributed by atoms with Crippen LogP contribution in [0, 0.1) is 11.3 Å². The Balaban J connectivity index is 2.29. The number of nitriles is 1. The van der Waals surface area contributed by atoms with E-state index in [0.717, 1.165) is 0 Å². The van der Waals surface area contributed by atoms with E-state index >= 15 is 0 Å². The van der Waals surface area contributed by atoms with Gasteiger partial charge in [0.25, 0.3) is 5.91 Å². The molecular weight excluding hydrogens is 368 g/mol. The standard InChI is InChI=1S/C20H19ClN2O4/c1-4-27-18-7-5-13(10-19(18)26-3)9-14(12-22)20(24)23-16-11-15(21)6-8-17(16)25-2/h5-11H,4H2,1-3H3,(H,23,24)/b14-9+.